The summed E-state index contributed by atoms with van der Waals surface area (Å²) in [6, 6.07) is 0. The molecule has 0 bridgehead atoms. The first-order chi connectivity index (χ1) is 14.3. The lowest BCUT2D eigenvalue weighted by molar-refractivity contribution is -0.210. The molecular formula is C25H37BrO4. The van der Waals surface area contributed by atoms with Crippen LogP contribution >= 0.6 is 15.9 Å². The van der Waals surface area contributed by atoms with Crippen LogP contribution in [0.15, 0.2) is 11.6 Å². The summed E-state index contributed by atoms with van der Waals surface area (Å²) in [5.41, 5.74) is 2.15. The minimum absolute atomic E-state index is 0.0820. The number of halogens is 1. The lowest BCUT2D eigenvalue weighted by atomic mass is 9.47. The van der Waals surface area contributed by atoms with Crippen molar-refractivity contribution in [3.63, 3.8) is 0 Å². The molecule has 3 saturated carbocycles. The number of carbonyl (C=O) groups excluding carboxylic acids is 1. The minimum atomic E-state index is -0.419. The summed E-state index contributed by atoms with van der Waals surface area (Å²) in [5, 5.41) is 0.778. The summed E-state index contributed by atoms with van der Waals surface area (Å²) < 4.78 is 18.1. The van der Waals surface area contributed by atoms with Crippen molar-refractivity contribution >= 4 is 21.9 Å². The van der Waals surface area contributed by atoms with Crippen LogP contribution in [0.4, 0.5) is 0 Å². The van der Waals surface area contributed by atoms with E-state index in [-0.39, 0.29) is 17.5 Å². The highest BCUT2D eigenvalue weighted by Gasteiger charge is 2.63. The number of fused-ring (bicyclic) bond motifs is 5. The quantitative estimate of drug-likeness (QED) is 0.298. The van der Waals surface area contributed by atoms with Crippen LogP contribution in [0.3, 0.4) is 0 Å². The molecule has 30 heavy (non-hydrogen) atoms. The van der Waals surface area contributed by atoms with Crippen molar-refractivity contribution in [2.75, 3.05) is 18.5 Å². The van der Waals surface area contributed by atoms with Gasteiger partial charge in [-0.15, -0.1) is 0 Å². The van der Waals surface area contributed by atoms with E-state index in [1.54, 1.807) is 5.57 Å². The molecule has 5 rings (SSSR count). The number of carbonyl (C=O) groups is 1. The SMILES string of the molecule is CC(=O)O[C@H]1CC[C@]2(C)C(=CC[C@H]3[C@H]4CC[C@H](C5(CBr)OCCO5)[C@]4(C)CC[C@H]32)C1. The Morgan fingerprint density at radius 1 is 1.13 bits per heavy atom. The minimum Gasteiger partial charge on any atom is -0.462 e. The molecule has 4 nitrogen and oxygen atoms in total. The normalized spacial score (nSPS) is 47.1. The van der Waals surface area contributed by atoms with Crippen molar-refractivity contribution in [2.24, 2.45) is 34.5 Å². The molecule has 0 unspecified atom stereocenters. The Labute approximate surface area is 189 Å². The molecule has 1 saturated heterocycles. The number of hydrogen-bond donors (Lipinski definition) is 0. The first kappa shape index (κ1) is 21.5. The van der Waals surface area contributed by atoms with E-state index in [1.807, 2.05) is 0 Å². The largest absolute Gasteiger partial charge is 0.462 e. The number of hydrogen-bond acceptors (Lipinski definition) is 4. The van der Waals surface area contributed by atoms with Gasteiger partial charge in [-0.3, -0.25) is 4.79 Å². The van der Waals surface area contributed by atoms with E-state index >= 15 is 0 Å². The monoisotopic (exact) mass is 480 g/mol. The van der Waals surface area contributed by atoms with Gasteiger partial charge in [-0.1, -0.05) is 41.4 Å². The molecule has 0 radical (unpaired) electrons. The maximum Gasteiger partial charge on any atom is 0.302 e. The molecule has 0 aromatic rings. The van der Waals surface area contributed by atoms with Crippen LogP contribution in [0.25, 0.3) is 0 Å². The number of alkyl halides is 1. The predicted octanol–water partition coefficient (Wildman–Crippen LogP) is 5.64. The summed E-state index contributed by atoms with van der Waals surface area (Å²) in [7, 11) is 0. The Morgan fingerprint density at radius 3 is 2.60 bits per heavy atom. The first-order valence-corrected chi connectivity index (χ1v) is 13.2. The van der Waals surface area contributed by atoms with Crippen molar-refractivity contribution < 1.29 is 19.0 Å². The van der Waals surface area contributed by atoms with E-state index in [4.69, 9.17) is 14.2 Å². The molecule has 5 aliphatic rings. The van der Waals surface area contributed by atoms with Gasteiger partial charge in [-0.05, 0) is 73.5 Å². The van der Waals surface area contributed by atoms with Gasteiger partial charge in [-0.25, -0.2) is 0 Å². The summed E-state index contributed by atoms with van der Waals surface area (Å²) in [6.45, 7) is 8.04. The van der Waals surface area contributed by atoms with Gasteiger partial charge in [0.2, 0.25) is 0 Å². The van der Waals surface area contributed by atoms with Gasteiger partial charge in [0, 0.05) is 19.3 Å². The number of allylic oxidation sites excluding steroid dienone is 1. The zero-order valence-electron chi connectivity index (χ0n) is 18.8. The van der Waals surface area contributed by atoms with Gasteiger partial charge in [-0.2, -0.15) is 0 Å². The fraction of sp³-hybridized carbons (Fsp3) is 0.880. The van der Waals surface area contributed by atoms with Crippen LogP contribution < -0.4 is 0 Å². The van der Waals surface area contributed by atoms with Crippen LogP contribution in [0.1, 0.15) is 72.1 Å². The van der Waals surface area contributed by atoms with Crippen LogP contribution in [-0.2, 0) is 19.0 Å². The average molecular weight is 481 g/mol. The highest BCUT2D eigenvalue weighted by atomic mass is 79.9. The van der Waals surface area contributed by atoms with Crippen molar-refractivity contribution in [3.8, 4) is 0 Å². The fourth-order valence-corrected chi connectivity index (χ4v) is 9.24. The summed E-state index contributed by atoms with van der Waals surface area (Å²) in [6.07, 6.45) is 12.0. The molecule has 0 aromatic heterocycles. The standard InChI is InChI=1S/C25H37BrO4/c1-16(27)30-18-8-10-23(2)17(14-18)4-5-19-20-6-7-22(24(20,3)11-9-21(19)23)25(15-26)28-12-13-29-25/h4,18-22H,5-15H2,1-3H3/t18-,19-,20+,21+,22-,23+,24+/m0/s1. The molecule has 1 aliphatic heterocycles. The Hall–Kier alpha value is -0.390. The zero-order chi connectivity index (χ0) is 21.1. The molecule has 0 spiro atoms. The Bertz CT molecular complexity index is 729. The summed E-state index contributed by atoms with van der Waals surface area (Å²) in [5.74, 6) is 2.21. The molecule has 5 heteroatoms. The van der Waals surface area contributed by atoms with Gasteiger partial charge < -0.3 is 14.2 Å². The highest BCUT2D eigenvalue weighted by Crippen LogP contribution is 2.68. The first-order valence-electron chi connectivity index (χ1n) is 12.0. The Morgan fingerprint density at radius 2 is 1.90 bits per heavy atom. The maximum absolute atomic E-state index is 11.5. The van der Waals surface area contributed by atoms with Crippen molar-refractivity contribution in [3.05, 3.63) is 11.6 Å². The van der Waals surface area contributed by atoms with Crippen molar-refractivity contribution in [2.45, 2.75) is 84.0 Å². The third-order valence-electron chi connectivity index (χ3n) is 9.88. The van der Waals surface area contributed by atoms with Gasteiger partial charge in [0.1, 0.15) is 6.10 Å². The van der Waals surface area contributed by atoms with Crippen LogP contribution in [0.2, 0.25) is 0 Å². The fourth-order valence-electron chi connectivity index (χ4n) is 8.53. The van der Waals surface area contributed by atoms with E-state index in [2.05, 4.69) is 35.9 Å². The smallest absolute Gasteiger partial charge is 0.302 e. The number of ether oxygens (including phenoxy) is 3. The third-order valence-corrected chi connectivity index (χ3v) is 10.7. The van der Waals surface area contributed by atoms with E-state index < -0.39 is 5.79 Å². The molecule has 4 fully saturated rings. The van der Waals surface area contributed by atoms with Crippen molar-refractivity contribution in [1.82, 2.24) is 0 Å². The predicted molar refractivity (Wildman–Crippen MR) is 119 cm³/mol. The molecule has 168 valence electrons. The van der Waals surface area contributed by atoms with Crippen LogP contribution in [-0.4, -0.2) is 36.4 Å². The highest BCUT2D eigenvalue weighted by molar-refractivity contribution is 9.09. The van der Waals surface area contributed by atoms with Crippen molar-refractivity contribution in [1.29, 1.82) is 0 Å². The molecule has 1 heterocycles. The molecule has 0 N–H and O–H groups in total. The van der Waals surface area contributed by atoms with E-state index in [1.165, 1.54) is 39.0 Å². The lowest BCUT2D eigenvalue weighted by Gasteiger charge is -2.59. The zero-order valence-corrected chi connectivity index (χ0v) is 20.3. The summed E-state index contributed by atoms with van der Waals surface area (Å²) >= 11 is 3.73. The third kappa shape index (κ3) is 3.08. The molecule has 0 aromatic carbocycles. The second kappa shape index (κ2) is 7.59. The second-order valence-corrected chi connectivity index (χ2v) is 11.6. The van der Waals surface area contributed by atoms with Crippen LogP contribution in [0, 0.1) is 34.5 Å². The lowest BCUT2D eigenvalue weighted by Crippen LogP contribution is -2.54. The topological polar surface area (TPSA) is 44.8 Å². The average Bonchev–Trinajstić information content (AvgIpc) is 3.32. The number of esters is 1. The van der Waals surface area contributed by atoms with Crippen LogP contribution in [0.5, 0.6) is 0 Å². The maximum atomic E-state index is 11.5. The Kier molecular flexibility index (Phi) is 5.43. The number of rotatable bonds is 3. The van der Waals surface area contributed by atoms with Gasteiger partial charge >= 0.3 is 5.97 Å². The van der Waals surface area contributed by atoms with E-state index in [0.717, 1.165) is 55.6 Å². The van der Waals surface area contributed by atoms with E-state index in [9.17, 15) is 4.79 Å². The second-order valence-electron chi connectivity index (χ2n) is 11.1. The van der Waals surface area contributed by atoms with Gasteiger partial charge in [0.15, 0.2) is 5.79 Å². The van der Waals surface area contributed by atoms with Gasteiger partial charge in [0.05, 0.1) is 18.5 Å². The molecule has 4 aliphatic carbocycles. The van der Waals surface area contributed by atoms with E-state index in [0.29, 0.717) is 11.3 Å². The molecule has 0 amide bonds. The summed E-state index contributed by atoms with van der Waals surface area (Å²) in [4.78, 5) is 11.5. The Balaban J connectivity index is 1.39. The molecule has 7 atom stereocenters. The van der Waals surface area contributed by atoms with Gasteiger partial charge in [0.25, 0.3) is 0 Å². The molecular weight excluding hydrogens is 444 g/mol.